The van der Waals surface area contributed by atoms with Gasteiger partial charge < -0.3 is 37.6 Å². The van der Waals surface area contributed by atoms with Crippen LogP contribution in [0.5, 0.6) is 0 Å². The molecule has 2 rings (SSSR count). The van der Waals surface area contributed by atoms with Crippen molar-refractivity contribution in [2.75, 3.05) is 6.54 Å². The second-order valence-corrected chi connectivity index (χ2v) is 9.46. The number of carbonyl (C=O) groups is 4. The lowest BCUT2D eigenvalue weighted by atomic mass is 10.0. The molecule has 11 heteroatoms. The summed E-state index contributed by atoms with van der Waals surface area (Å²) in [7, 11) is 0. The summed E-state index contributed by atoms with van der Waals surface area (Å²) < 4.78 is 0. The number of unbranched alkanes of at least 4 members (excludes halogenated alkanes) is 1. The van der Waals surface area contributed by atoms with Crippen LogP contribution in [-0.4, -0.2) is 70.7 Å². The molecule has 0 radical (unpaired) electrons. The van der Waals surface area contributed by atoms with Gasteiger partial charge >= 0.3 is 5.97 Å². The number of aliphatic hydroxyl groups is 1. The molecule has 0 aromatic heterocycles. The van der Waals surface area contributed by atoms with Crippen LogP contribution in [0.2, 0.25) is 0 Å². The quantitative estimate of drug-likeness (QED) is 0.142. The number of hydrogen-bond acceptors (Lipinski definition) is 7. The van der Waals surface area contributed by atoms with Crippen molar-refractivity contribution in [3.05, 3.63) is 71.8 Å². The van der Waals surface area contributed by atoms with Crippen molar-refractivity contribution in [2.45, 2.75) is 69.3 Å². The van der Waals surface area contributed by atoms with Gasteiger partial charge in [-0.05, 0) is 50.3 Å². The second kappa shape index (κ2) is 16.2. The number of aliphatic hydroxyl groups excluding tert-OH is 1. The molecule has 5 atom stereocenters. The Morgan fingerprint density at radius 3 is 1.79 bits per heavy atom. The molecule has 0 saturated carbocycles. The van der Waals surface area contributed by atoms with Gasteiger partial charge in [-0.15, -0.1) is 0 Å². The van der Waals surface area contributed by atoms with Crippen molar-refractivity contribution in [3.63, 3.8) is 0 Å². The zero-order chi connectivity index (χ0) is 28.8. The van der Waals surface area contributed by atoms with Gasteiger partial charge in [0.15, 0.2) is 6.04 Å². The van der Waals surface area contributed by atoms with Gasteiger partial charge in [-0.2, -0.15) is 0 Å². The van der Waals surface area contributed by atoms with Crippen molar-refractivity contribution in [3.8, 4) is 0 Å². The summed E-state index contributed by atoms with van der Waals surface area (Å²) in [6.45, 7) is 1.65. The van der Waals surface area contributed by atoms with Gasteiger partial charge in [0.2, 0.25) is 17.7 Å². The third kappa shape index (κ3) is 10.8. The van der Waals surface area contributed by atoms with Gasteiger partial charge in [0.25, 0.3) is 0 Å². The molecule has 11 nitrogen and oxygen atoms in total. The number of benzene rings is 2. The average molecular weight is 542 g/mol. The van der Waals surface area contributed by atoms with Crippen LogP contribution < -0.4 is 27.4 Å². The highest BCUT2D eigenvalue weighted by Gasteiger charge is 2.32. The Hall–Kier alpha value is -3.80. The van der Waals surface area contributed by atoms with Crippen LogP contribution >= 0.6 is 0 Å². The van der Waals surface area contributed by atoms with E-state index in [0.717, 1.165) is 11.1 Å². The Morgan fingerprint density at radius 1 is 0.769 bits per heavy atom. The minimum Gasteiger partial charge on any atom is -0.480 e. The summed E-state index contributed by atoms with van der Waals surface area (Å²) in [5.74, 6) is -3.33. The van der Waals surface area contributed by atoms with Crippen LogP contribution in [0.25, 0.3) is 0 Å². The van der Waals surface area contributed by atoms with E-state index in [-0.39, 0.29) is 19.3 Å². The lowest BCUT2D eigenvalue weighted by Crippen LogP contribution is -2.58. The fourth-order valence-electron chi connectivity index (χ4n) is 3.98. The van der Waals surface area contributed by atoms with Gasteiger partial charge in [-0.1, -0.05) is 60.7 Å². The molecule has 3 amide bonds. The predicted molar refractivity (Wildman–Crippen MR) is 146 cm³/mol. The van der Waals surface area contributed by atoms with E-state index in [1.165, 1.54) is 6.92 Å². The molecule has 0 saturated heterocycles. The lowest BCUT2D eigenvalue weighted by molar-refractivity contribution is -0.145. The standard InChI is InChI=1S/C28H39N5O6/c1-18(34)24(28(38)39)33-27(37)23(17-20-12-6-3-7-13-20)32-26(36)22(14-8-9-15-29)31-25(35)21(30)16-19-10-4-2-5-11-19/h2-7,10-13,18,21-24,34H,8-9,14-17,29-30H2,1H3,(H,31,35)(H,32,36)(H,33,37)(H,38,39). The van der Waals surface area contributed by atoms with E-state index in [1.807, 2.05) is 30.3 Å². The van der Waals surface area contributed by atoms with Crippen LogP contribution in [-0.2, 0) is 32.0 Å². The first-order valence-corrected chi connectivity index (χ1v) is 13.0. The van der Waals surface area contributed by atoms with Crippen LogP contribution in [0.15, 0.2) is 60.7 Å². The Bertz CT molecular complexity index is 1070. The molecule has 2 aromatic carbocycles. The monoisotopic (exact) mass is 541 g/mol. The fourth-order valence-corrected chi connectivity index (χ4v) is 3.98. The second-order valence-electron chi connectivity index (χ2n) is 9.46. The number of carbonyl (C=O) groups excluding carboxylic acids is 3. The molecule has 0 heterocycles. The van der Waals surface area contributed by atoms with Crippen molar-refractivity contribution in [1.29, 1.82) is 0 Å². The van der Waals surface area contributed by atoms with E-state index in [0.29, 0.717) is 19.4 Å². The fraction of sp³-hybridized carbons (Fsp3) is 0.429. The highest BCUT2D eigenvalue weighted by molar-refractivity contribution is 5.94. The first-order valence-electron chi connectivity index (χ1n) is 13.0. The normalized spacial score (nSPS) is 14.8. The van der Waals surface area contributed by atoms with Crippen LogP contribution in [0, 0.1) is 0 Å². The summed E-state index contributed by atoms with van der Waals surface area (Å²) in [6, 6.07) is 13.5. The Kier molecular flexibility index (Phi) is 13.1. The molecule has 9 N–H and O–H groups in total. The van der Waals surface area contributed by atoms with E-state index in [2.05, 4.69) is 16.0 Å². The molecule has 0 spiro atoms. The van der Waals surface area contributed by atoms with E-state index >= 15 is 0 Å². The topological polar surface area (TPSA) is 197 Å². The summed E-state index contributed by atoms with van der Waals surface area (Å²) in [6.07, 6.45) is 0.395. The van der Waals surface area contributed by atoms with Crippen LogP contribution in [0.3, 0.4) is 0 Å². The van der Waals surface area contributed by atoms with E-state index in [4.69, 9.17) is 11.5 Å². The number of rotatable bonds is 16. The molecular formula is C28H39N5O6. The van der Waals surface area contributed by atoms with Gasteiger partial charge in [0.05, 0.1) is 12.1 Å². The molecule has 212 valence electrons. The maximum absolute atomic E-state index is 13.4. The van der Waals surface area contributed by atoms with Crippen LogP contribution in [0.4, 0.5) is 0 Å². The predicted octanol–water partition coefficient (Wildman–Crippen LogP) is -0.152. The highest BCUT2D eigenvalue weighted by atomic mass is 16.4. The maximum Gasteiger partial charge on any atom is 0.328 e. The Balaban J connectivity index is 2.20. The van der Waals surface area contributed by atoms with Gasteiger partial charge in [-0.25, -0.2) is 4.79 Å². The van der Waals surface area contributed by atoms with Crippen LogP contribution in [0.1, 0.15) is 37.3 Å². The minimum atomic E-state index is -1.57. The molecule has 5 unspecified atom stereocenters. The molecular weight excluding hydrogens is 502 g/mol. The third-order valence-corrected chi connectivity index (χ3v) is 6.18. The first-order chi connectivity index (χ1) is 18.6. The number of nitrogens with two attached hydrogens (primary N) is 2. The first kappa shape index (κ1) is 31.4. The highest BCUT2D eigenvalue weighted by Crippen LogP contribution is 2.08. The molecule has 2 aromatic rings. The molecule has 0 fully saturated rings. The molecule has 0 bridgehead atoms. The maximum atomic E-state index is 13.4. The van der Waals surface area contributed by atoms with E-state index in [9.17, 15) is 29.4 Å². The lowest BCUT2D eigenvalue weighted by Gasteiger charge is -2.26. The molecule has 39 heavy (non-hydrogen) atoms. The van der Waals surface area contributed by atoms with Gasteiger partial charge in [0.1, 0.15) is 12.1 Å². The number of aliphatic carboxylic acids is 1. The summed E-state index contributed by atoms with van der Waals surface area (Å²) >= 11 is 0. The number of nitrogens with one attached hydrogen (secondary N) is 3. The number of hydrogen-bond donors (Lipinski definition) is 7. The Labute approximate surface area is 228 Å². The van der Waals surface area contributed by atoms with Crippen molar-refractivity contribution >= 4 is 23.7 Å². The summed E-state index contributed by atoms with van der Waals surface area (Å²) in [5, 5.41) is 26.8. The van der Waals surface area contributed by atoms with Crippen molar-refractivity contribution in [2.24, 2.45) is 11.5 Å². The van der Waals surface area contributed by atoms with Gasteiger partial charge in [0, 0.05) is 6.42 Å². The average Bonchev–Trinajstić information content (AvgIpc) is 2.91. The zero-order valence-electron chi connectivity index (χ0n) is 22.1. The molecule has 0 aliphatic heterocycles. The Morgan fingerprint density at radius 2 is 1.28 bits per heavy atom. The summed E-state index contributed by atoms with van der Waals surface area (Å²) in [4.78, 5) is 50.9. The largest absolute Gasteiger partial charge is 0.480 e. The minimum absolute atomic E-state index is 0.0571. The van der Waals surface area contributed by atoms with Crippen molar-refractivity contribution < 1.29 is 29.4 Å². The molecule has 0 aliphatic carbocycles. The number of carboxylic acid groups (broad SMARTS) is 1. The van der Waals surface area contributed by atoms with E-state index < -0.39 is 54.0 Å². The molecule has 0 aliphatic rings. The number of carboxylic acids is 1. The summed E-state index contributed by atoms with van der Waals surface area (Å²) in [5.41, 5.74) is 13.3. The zero-order valence-corrected chi connectivity index (χ0v) is 22.1. The smallest absolute Gasteiger partial charge is 0.328 e. The SMILES string of the molecule is CC(O)C(NC(=O)C(Cc1ccccc1)NC(=O)C(CCCCN)NC(=O)C(N)Cc1ccccc1)C(=O)O. The third-order valence-electron chi connectivity index (χ3n) is 6.18. The number of amides is 3. The van der Waals surface area contributed by atoms with Gasteiger partial charge in [-0.3, -0.25) is 14.4 Å². The van der Waals surface area contributed by atoms with Crippen molar-refractivity contribution in [1.82, 2.24) is 16.0 Å². The van der Waals surface area contributed by atoms with E-state index in [1.54, 1.807) is 30.3 Å².